The Hall–Kier alpha value is -2.84. The molecule has 2 N–H and O–H groups in total. The van der Waals surface area contributed by atoms with Crippen molar-refractivity contribution in [3.8, 4) is 0 Å². The first-order valence-electron chi connectivity index (χ1n) is 9.99. The highest BCUT2D eigenvalue weighted by Crippen LogP contribution is 2.27. The molecule has 0 radical (unpaired) electrons. The van der Waals surface area contributed by atoms with Gasteiger partial charge in [-0.3, -0.25) is 9.52 Å². The smallest absolute Gasteiger partial charge is 0.261 e. The minimum atomic E-state index is -3.63. The Bertz CT molecular complexity index is 1110. The zero-order chi connectivity index (χ0) is 22.3. The Morgan fingerprint density at radius 2 is 1.71 bits per heavy atom. The minimum absolute atomic E-state index is 0.122. The van der Waals surface area contributed by atoms with Crippen LogP contribution in [0.1, 0.15) is 35.7 Å². The first-order chi connectivity index (χ1) is 14.9. The molecule has 0 bridgehead atoms. The van der Waals surface area contributed by atoms with Crippen LogP contribution in [0.2, 0.25) is 0 Å². The fourth-order valence-electron chi connectivity index (χ4n) is 2.70. The number of unbranched alkanes of at least 4 members (excludes halogenated alkanes) is 1. The highest BCUT2D eigenvalue weighted by atomic mass is 32.2. The number of aromatic nitrogens is 1. The van der Waals surface area contributed by atoms with E-state index in [4.69, 9.17) is 0 Å². The van der Waals surface area contributed by atoms with Crippen LogP contribution in [0, 0.1) is 6.92 Å². The summed E-state index contributed by atoms with van der Waals surface area (Å²) < 4.78 is 27.6. The molecule has 8 heteroatoms. The number of carbonyl (C=O) groups excluding carboxylic acids is 1. The van der Waals surface area contributed by atoms with Crippen molar-refractivity contribution in [3.05, 3.63) is 78.0 Å². The average molecular weight is 456 g/mol. The van der Waals surface area contributed by atoms with E-state index in [1.807, 2.05) is 19.1 Å². The molecule has 0 spiro atoms. The van der Waals surface area contributed by atoms with E-state index >= 15 is 0 Å². The lowest BCUT2D eigenvalue weighted by atomic mass is 10.2. The number of anilines is 1. The summed E-state index contributed by atoms with van der Waals surface area (Å²) >= 11 is 1.43. The molecule has 31 heavy (non-hydrogen) atoms. The number of pyridine rings is 1. The zero-order valence-electron chi connectivity index (χ0n) is 17.5. The number of rotatable bonds is 9. The third kappa shape index (κ3) is 6.57. The molecule has 0 atom stereocenters. The van der Waals surface area contributed by atoms with Crippen molar-refractivity contribution in [3.63, 3.8) is 0 Å². The second-order valence-corrected chi connectivity index (χ2v) is 9.82. The van der Waals surface area contributed by atoms with E-state index in [0.29, 0.717) is 17.8 Å². The molecule has 1 heterocycles. The third-order valence-electron chi connectivity index (χ3n) is 4.47. The van der Waals surface area contributed by atoms with Crippen LogP contribution >= 0.6 is 11.8 Å². The molecular weight excluding hydrogens is 430 g/mol. The molecule has 0 aliphatic rings. The number of benzene rings is 2. The molecule has 0 aliphatic carbocycles. The van der Waals surface area contributed by atoms with Gasteiger partial charge < -0.3 is 5.32 Å². The quantitative estimate of drug-likeness (QED) is 0.449. The van der Waals surface area contributed by atoms with E-state index in [9.17, 15) is 13.2 Å². The third-order valence-corrected chi connectivity index (χ3v) is 6.83. The summed E-state index contributed by atoms with van der Waals surface area (Å²) in [7, 11) is -3.63. The normalized spacial score (nSPS) is 11.2. The van der Waals surface area contributed by atoms with Crippen molar-refractivity contribution >= 4 is 33.4 Å². The maximum absolute atomic E-state index is 12.5. The molecule has 3 aromatic rings. The first kappa shape index (κ1) is 22.8. The molecule has 3 rings (SSSR count). The summed E-state index contributed by atoms with van der Waals surface area (Å²) in [6.45, 7) is 4.64. The van der Waals surface area contributed by atoms with Crippen LogP contribution in [0.4, 0.5) is 5.69 Å². The summed E-state index contributed by atoms with van der Waals surface area (Å²) in [6, 6.07) is 17.3. The van der Waals surface area contributed by atoms with Crippen LogP contribution < -0.4 is 10.0 Å². The number of nitrogens with zero attached hydrogens (tertiary/aromatic N) is 1. The van der Waals surface area contributed by atoms with Gasteiger partial charge in [-0.1, -0.05) is 42.8 Å². The largest absolute Gasteiger partial charge is 0.352 e. The highest BCUT2D eigenvalue weighted by molar-refractivity contribution is 7.99. The maximum Gasteiger partial charge on any atom is 0.261 e. The van der Waals surface area contributed by atoms with Gasteiger partial charge in [-0.2, -0.15) is 0 Å². The number of nitrogens with one attached hydrogen (secondary N) is 2. The molecular formula is C23H25N3O3S2. The minimum Gasteiger partial charge on any atom is -0.352 e. The lowest BCUT2D eigenvalue weighted by Crippen LogP contribution is -2.24. The van der Waals surface area contributed by atoms with Gasteiger partial charge in [0.05, 0.1) is 10.5 Å². The predicted molar refractivity (Wildman–Crippen MR) is 124 cm³/mol. The van der Waals surface area contributed by atoms with Crippen molar-refractivity contribution < 1.29 is 13.2 Å². The topological polar surface area (TPSA) is 88.2 Å². The van der Waals surface area contributed by atoms with E-state index in [-0.39, 0.29) is 10.8 Å². The Balaban J connectivity index is 1.60. The Kier molecular flexibility index (Phi) is 7.70. The first-order valence-corrected chi connectivity index (χ1v) is 12.3. The fourth-order valence-corrected chi connectivity index (χ4v) is 4.51. The molecule has 0 unspecified atom stereocenters. The van der Waals surface area contributed by atoms with Gasteiger partial charge in [0.2, 0.25) is 0 Å². The number of carbonyl (C=O) groups is 1. The van der Waals surface area contributed by atoms with Gasteiger partial charge in [0.25, 0.3) is 15.9 Å². The van der Waals surface area contributed by atoms with E-state index in [1.54, 1.807) is 54.7 Å². The van der Waals surface area contributed by atoms with E-state index in [1.165, 1.54) is 11.8 Å². The second kappa shape index (κ2) is 10.5. The molecule has 0 saturated carbocycles. The van der Waals surface area contributed by atoms with Crippen molar-refractivity contribution in [2.45, 2.75) is 41.5 Å². The van der Waals surface area contributed by atoms with Gasteiger partial charge in [0.1, 0.15) is 5.03 Å². The van der Waals surface area contributed by atoms with Crippen molar-refractivity contribution in [2.24, 2.45) is 0 Å². The SMILES string of the molecule is CCCCNC(=O)c1ccc(Sc2ccc(NS(=O)(=O)c3ccc(C)cc3)cc2)nc1. The van der Waals surface area contributed by atoms with Gasteiger partial charge >= 0.3 is 0 Å². The molecule has 1 amide bonds. The van der Waals surface area contributed by atoms with Gasteiger partial charge in [-0.15, -0.1) is 0 Å². The van der Waals surface area contributed by atoms with Crippen molar-refractivity contribution in [1.82, 2.24) is 10.3 Å². The number of sulfonamides is 1. The fraction of sp³-hybridized carbons (Fsp3) is 0.217. The monoisotopic (exact) mass is 455 g/mol. The summed E-state index contributed by atoms with van der Waals surface area (Å²) in [6.07, 6.45) is 3.54. The molecule has 1 aromatic heterocycles. The molecule has 0 aliphatic heterocycles. The van der Waals surface area contributed by atoms with Crippen LogP contribution in [-0.4, -0.2) is 25.9 Å². The molecule has 6 nitrogen and oxygen atoms in total. The van der Waals surface area contributed by atoms with Gasteiger partial charge in [-0.05, 0) is 61.9 Å². The van der Waals surface area contributed by atoms with Crippen LogP contribution in [0.5, 0.6) is 0 Å². The van der Waals surface area contributed by atoms with Gasteiger partial charge in [0.15, 0.2) is 0 Å². The lowest BCUT2D eigenvalue weighted by Gasteiger charge is -2.09. The van der Waals surface area contributed by atoms with Crippen LogP contribution in [0.3, 0.4) is 0 Å². The molecule has 0 saturated heterocycles. The Morgan fingerprint density at radius 3 is 2.32 bits per heavy atom. The summed E-state index contributed by atoms with van der Waals surface area (Å²) in [5.41, 5.74) is 2.01. The van der Waals surface area contributed by atoms with Crippen molar-refractivity contribution in [1.29, 1.82) is 0 Å². The Morgan fingerprint density at radius 1 is 1.00 bits per heavy atom. The summed E-state index contributed by atoms with van der Waals surface area (Å²) in [4.78, 5) is 17.5. The van der Waals surface area contributed by atoms with E-state index in [0.717, 1.165) is 28.3 Å². The van der Waals surface area contributed by atoms with E-state index in [2.05, 4.69) is 21.9 Å². The molecule has 2 aromatic carbocycles. The average Bonchev–Trinajstić information content (AvgIpc) is 2.76. The highest BCUT2D eigenvalue weighted by Gasteiger charge is 2.14. The number of amides is 1. The number of hydrogen-bond acceptors (Lipinski definition) is 5. The summed E-state index contributed by atoms with van der Waals surface area (Å²) in [5, 5.41) is 3.61. The predicted octanol–water partition coefficient (Wildman–Crippen LogP) is 4.87. The second-order valence-electron chi connectivity index (χ2n) is 7.04. The summed E-state index contributed by atoms with van der Waals surface area (Å²) in [5.74, 6) is -0.122. The zero-order valence-corrected chi connectivity index (χ0v) is 19.1. The van der Waals surface area contributed by atoms with Crippen LogP contribution in [0.15, 0.2) is 81.7 Å². The van der Waals surface area contributed by atoms with Crippen molar-refractivity contribution in [2.75, 3.05) is 11.3 Å². The molecule has 0 fully saturated rings. The number of aryl methyl sites for hydroxylation is 1. The molecule has 162 valence electrons. The van der Waals surface area contributed by atoms with Gasteiger partial charge in [0, 0.05) is 23.3 Å². The number of hydrogen-bond donors (Lipinski definition) is 2. The maximum atomic E-state index is 12.5. The standard InChI is InChI=1S/C23H25N3O3S2/c1-3-4-15-24-23(27)18-7-14-22(25-16-18)30-20-10-8-19(9-11-20)26-31(28,29)21-12-5-17(2)6-13-21/h5-14,16,26H,3-4,15H2,1-2H3,(H,24,27). The van der Waals surface area contributed by atoms with Crippen LogP contribution in [-0.2, 0) is 10.0 Å². The van der Waals surface area contributed by atoms with Gasteiger partial charge in [-0.25, -0.2) is 13.4 Å². The Labute approximate surface area is 187 Å². The lowest BCUT2D eigenvalue weighted by molar-refractivity contribution is 0.0952. The van der Waals surface area contributed by atoms with E-state index < -0.39 is 10.0 Å². The van der Waals surface area contributed by atoms with Crippen LogP contribution in [0.25, 0.3) is 0 Å².